The van der Waals surface area contributed by atoms with Gasteiger partial charge in [-0.3, -0.25) is 4.79 Å². The van der Waals surface area contributed by atoms with Crippen LogP contribution in [0.25, 0.3) is 0 Å². The van der Waals surface area contributed by atoms with Crippen LogP contribution in [0.3, 0.4) is 0 Å². The highest BCUT2D eigenvalue weighted by Crippen LogP contribution is 2.72. The summed E-state index contributed by atoms with van der Waals surface area (Å²) in [4.78, 5) is 12.0. The minimum absolute atomic E-state index is 0.235. The fourth-order valence-corrected chi connectivity index (χ4v) is 7.61. The molecular weight excluding hydrogens is 272 g/mol. The maximum atomic E-state index is 12.0. The van der Waals surface area contributed by atoms with Gasteiger partial charge in [0.1, 0.15) is 0 Å². The summed E-state index contributed by atoms with van der Waals surface area (Å²) in [5.74, 6) is 1.32. The van der Waals surface area contributed by atoms with E-state index in [9.17, 15) is 9.90 Å². The van der Waals surface area contributed by atoms with Crippen LogP contribution >= 0.6 is 0 Å². The van der Waals surface area contributed by atoms with Gasteiger partial charge in [0, 0.05) is 0 Å². The SMILES string of the molecule is C=C1CC23CCC4[C@@](C)(CCC[C@@]4(C)C(=O)O)C2CC[C@H]1C3. The number of hydrogen-bond acceptors (Lipinski definition) is 1. The molecule has 4 fully saturated rings. The van der Waals surface area contributed by atoms with Crippen LogP contribution in [0.4, 0.5) is 0 Å². The quantitative estimate of drug-likeness (QED) is 0.689. The first kappa shape index (κ1) is 14.8. The fraction of sp³-hybridized carbons (Fsp3) is 0.850. The minimum atomic E-state index is -0.552. The summed E-state index contributed by atoms with van der Waals surface area (Å²) < 4.78 is 0. The molecule has 0 aromatic carbocycles. The molecule has 122 valence electrons. The molecule has 4 aliphatic rings. The Kier molecular flexibility index (Phi) is 2.95. The first-order valence-corrected chi connectivity index (χ1v) is 9.23. The van der Waals surface area contributed by atoms with Crippen molar-refractivity contribution in [3.05, 3.63) is 12.2 Å². The van der Waals surface area contributed by atoms with Crippen molar-refractivity contribution in [2.75, 3.05) is 0 Å². The van der Waals surface area contributed by atoms with Crippen molar-refractivity contribution in [2.24, 2.45) is 34.0 Å². The summed E-state index contributed by atoms with van der Waals surface area (Å²) in [7, 11) is 0. The van der Waals surface area contributed by atoms with Gasteiger partial charge >= 0.3 is 5.97 Å². The molecule has 22 heavy (non-hydrogen) atoms. The zero-order chi connectivity index (χ0) is 15.8. The molecule has 3 unspecified atom stereocenters. The Morgan fingerprint density at radius 1 is 1.14 bits per heavy atom. The fourth-order valence-electron chi connectivity index (χ4n) is 7.61. The van der Waals surface area contributed by atoms with Gasteiger partial charge in [-0.15, -0.1) is 0 Å². The largest absolute Gasteiger partial charge is 0.481 e. The summed E-state index contributed by atoms with van der Waals surface area (Å²) >= 11 is 0. The lowest BCUT2D eigenvalue weighted by Gasteiger charge is -2.63. The highest BCUT2D eigenvalue weighted by molar-refractivity contribution is 5.75. The molecule has 0 aromatic rings. The number of rotatable bonds is 1. The summed E-state index contributed by atoms with van der Waals surface area (Å²) in [6, 6.07) is 0. The van der Waals surface area contributed by atoms with E-state index in [2.05, 4.69) is 13.5 Å². The number of carboxylic acid groups (broad SMARTS) is 1. The number of carbonyl (C=O) groups is 1. The third kappa shape index (κ3) is 1.65. The lowest BCUT2D eigenvalue weighted by atomic mass is 9.41. The van der Waals surface area contributed by atoms with E-state index in [1.165, 1.54) is 44.1 Å². The van der Waals surface area contributed by atoms with E-state index in [0.717, 1.165) is 31.1 Å². The van der Waals surface area contributed by atoms with Crippen LogP contribution in [0.15, 0.2) is 12.2 Å². The second-order valence-electron chi connectivity index (χ2n) is 9.40. The van der Waals surface area contributed by atoms with Crippen molar-refractivity contribution in [3.8, 4) is 0 Å². The standard InChI is InChI=1S/C20H30O2/c1-13-11-20-10-7-15-18(2,16(20)6-5-14(13)12-20)8-4-9-19(15,3)17(21)22/h14-16H,1,4-12H2,2-3H3,(H,21,22)/t14-,15?,16?,18+,19+,20?/m0/s1. The van der Waals surface area contributed by atoms with Gasteiger partial charge in [0.2, 0.25) is 0 Å². The van der Waals surface area contributed by atoms with E-state index in [0.29, 0.717) is 11.3 Å². The maximum Gasteiger partial charge on any atom is 0.309 e. The molecular formula is C20H30O2. The second kappa shape index (κ2) is 4.39. The van der Waals surface area contributed by atoms with Crippen LogP contribution in [0.2, 0.25) is 0 Å². The predicted molar refractivity (Wildman–Crippen MR) is 87.4 cm³/mol. The van der Waals surface area contributed by atoms with Crippen molar-refractivity contribution in [3.63, 3.8) is 0 Å². The molecule has 1 N–H and O–H groups in total. The van der Waals surface area contributed by atoms with Gasteiger partial charge in [0.05, 0.1) is 5.41 Å². The molecule has 2 bridgehead atoms. The normalized spacial score (nSPS) is 53.7. The molecule has 1 spiro atoms. The van der Waals surface area contributed by atoms with Crippen molar-refractivity contribution in [1.29, 1.82) is 0 Å². The molecule has 0 heterocycles. The highest BCUT2D eigenvalue weighted by Gasteiger charge is 2.64. The molecule has 0 amide bonds. The Balaban J connectivity index is 1.75. The van der Waals surface area contributed by atoms with Crippen LogP contribution < -0.4 is 0 Å². The van der Waals surface area contributed by atoms with E-state index in [1.54, 1.807) is 0 Å². The van der Waals surface area contributed by atoms with E-state index in [1.807, 2.05) is 6.92 Å². The van der Waals surface area contributed by atoms with Gasteiger partial charge in [-0.25, -0.2) is 0 Å². The maximum absolute atomic E-state index is 12.0. The zero-order valence-electron chi connectivity index (χ0n) is 14.2. The predicted octanol–water partition coefficient (Wildman–Crippen LogP) is 5.04. The molecule has 0 aliphatic heterocycles. The molecule has 0 saturated heterocycles. The number of allylic oxidation sites excluding steroid dienone is 1. The van der Waals surface area contributed by atoms with Crippen LogP contribution in [-0.2, 0) is 4.79 Å². The average Bonchev–Trinajstić information content (AvgIpc) is 2.68. The van der Waals surface area contributed by atoms with Crippen LogP contribution in [0.1, 0.15) is 71.6 Å². The van der Waals surface area contributed by atoms with E-state index in [4.69, 9.17) is 0 Å². The van der Waals surface area contributed by atoms with Gasteiger partial charge in [-0.05, 0) is 86.9 Å². The van der Waals surface area contributed by atoms with Crippen molar-refractivity contribution >= 4 is 5.97 Å². The smallest absolute Gasteiger partial charge is 0.309 e. The highest BCUT2D eigenvalue weighted by atomic mass is 16.4. The Morgan fingerprint density at radius 3 is 2.64 bits per heavy atom. The molecule has 2 nitrogen and oxygen atoms in total. The van der Waals surface area contributed by atoms with Crippen molar-refractivity contribution < 1.29 is 9.90 Å². The summed E-state index contributed by atoms with van der Waals surface area (Å²) in [5, 5.41) is 9.90. The minimum Gasteiger partial charge on any atom is -0.481 e. The third-order valence-electron chi connectivity index (χ3n) is 8.54. The monoisotopic (exact) mass is 302 g/mol. The van der Waals surface area contributed by atoms with Gasteiger partial charge in [0.15, 0.2) is 0 Å². The molecule has 2 heteroatoms. The molecule has 6 atom stereocenters. The Morgan fingerprint density at radius 2 is 1.91 bits per heavy atom. The first-order chi connectivity index (χ1) is 10.3. The zero-order valence-corrected chi connectivity index (χ0v) is 14.2. The Labute approximate surface area is 134 Å². The van der Waals surface area contributed by atoms with Crippen LogP contribution in [0, 0.1) is 34.0 Å². The van der Waals surface area contributed by atoms with Gasteiger partial charge in [-0.1, -0.05) is 25.5 Å². The molecule has 0 radical (unpaired) electrons. The van der Waals surface area contributed by atoms with Crippen molar-refractivity contribution in [2.45, 2.75) is 71.6 Å². The Bertz CT molecular complexity index is 538. The average molecular weight is 302 g/mol. The first-order valence-electron chi connectivity index (χ1n) is 9.23. The van der Waals surface area contributed by atoms with Crippen LogP contribution in [0.5, 0.6) is 0 Å². The van der Waals surface area contributed by atoms with Crippen molar-refractivity contribution in [1.82, 2.24) is 0 Å². The number of hydrogen-bond donors (Lipinski definition) is 1. The molecule has 4 aliphatic carbocycles. The summed E-state index contributed by atoms with van der Waals surface area (Å²) in [6.45, 7) is 8.86. The summed E-state index contributed by atoms with van der Waals surface area (Å²) in [5.41, 5.74) is 1.71. The third-order valence-corrected chi connectivity index (χ3v) is 8.54. The molecule has 0 aromatic heterocycles. The number of fused-ring (bicyclic) bond motifs is 3. The van der Waals surface area contributed by atoms with Gasteiger partial charge in [-0.2, -0.15) is 0 Å². The second-order valence-corrected chi connectivity index (χ2v) is 9.40. The van der Waals surface area contributed by atoms with Crippen LogP contribution in [-0.4, -0.2) is 11.1 Å². The van der Waals surface area contributed by atoms with Gasteiger partial charge in [0.25, 0.3) is 0 Å². The molecule has 4 rings (SSSR count). The molecule has 4 saturated carbocycles. The van der Waals surface area contributed by atoms with Gasteiger partial charge < -0.3 is 5.11 Å². The lowest BCUT2D eigenvalue weighted by molar-refractivity contribution is -0.181. The van der Waals surface area contributed by atoms with E-state index in [-0.39, 0.29) is 5.41 Å². The topological polar surface area (TPSA) is 37.3 Å². The Hall–Kier alpha value is -0.790. The number of carboxylic acids is 1. The lowest BCUT2D eigenvalue weighted by Crippen LogP contribution is -2.58. The summed E-state index contributed by atoms with van der Waals surface area (Å²) in [6.07, 6.45) is 10.8. The van der Waals surface area contributed by atoms with E-state index >= 15 is 0 Å². The number of aliphatic carboxylic acids is 1. The van der Waals surface area contributed by atoms with E-state index < -0.39 is 11.4 Å².